The van der Waals surface area contributed by atoms with Crippen molar-refractivity contribution >= 4 is 23.2 Å². The molecular formula is C24H19ClF2N2O2. The zero-order chi connectivity index (χ0) is 21.8. The van der Waals surface area contributed by atoms with E-state index in [2.05, 4.69) is 5.16 Å². The lowest BCUT2D eigenvalue weighted by molar-refractivity contribution is 0.0405. The van der Waals surface area contributed by atoms with Crippen LogP contribution in [0.25, 0.3) is 0 Å². The summed E-state index contributed by atoms with van der Waals surface area (Å²) in [5, 5.41) is 4.79. The fourth-order valence-corrected chi connectivity index (χ4v) is 3.54. The number of benzene rings is 3. The minimum absolute atomic E-state index is 0.228. The summed E-state index contributed by atoms with van der Waals surface area (Å²) < 4.78 is 27.0. The first-order chi connectivity index (χ1) is 15.0. The quantitative estimate of drug-likeness (QED) is 0.511. The predicted molar refractivity (Wildman–Crippen MR) is 115 cm³/mol. The Labute approximate surface area is 183 Å². The van der Waals surface area contributed by atoms with Gasteiger partial charge in [-0.05, 0) is 53.6 Å². The Bertz CT molecular complexity index is 1100. The first-order valence-electron chi connectivity index (χ1n) is 9.76. The molecule has 4 nitrogen and oxygen atoms in total. The van der Waals surface area contributed by atoms with Gasteiger partial charge in [-0.2, -0.15) is 0 Å². The Morgan fingerprint density at radius 1 is 1.03 bits per heavy atom. The summed E-state index contributed by atoms with van der Waals surface area (Å²) >= 11 is 5.94. The fraction of sp³-hybridized carbons (Fsp3) is 0.167. The predicted octanol–water partition coefficient (Wildman–Crippen LogP) is 5.45. The number of hydrogen-bond acceptors (Lipinski definition) is 3. The number of oxime groups is 1. The molecule has 0 aromatic heterocycles. The lowest BCUT2D eigenvalue weighted by Crippen LogP contribution is -2.37. The fourth-order valence-electron chi connectivity index (χ4n) is 3.42. The van der Waals surface area contributed by atoms with E-state index in [0.717, 1.165) is 16.8 Å². The molecule has 0 radical (unpaired) electrons. The Balaban J connectivity index is 1.51. The van der Waals surface area contributed by atoms with Gasteiger partial charge < -0.3 is 9.74 Å². The number of rotatable bonds is 6. The van der Waals surface area contributed by atoms with Crippen molar-refractivity contribution in [1.29, 1.82) is 0 Å². The minimum atomic E-state index is -0.488. The van der Waals surface area contributed by atoms with E-state index in [1.807, 2.05) is 12.1 Å². The molecule has 1 amide bonds. The van der Waals surface area contributed by atoms with Gasteiger partial charge in [0, 0.05) is 23.6 Å². The monoisotopic (exact) mass is 440 g/mol. The largest absolute Gasteiger partial charge is 0.390 e. The molecule has 0 aliphatic carbocycles. The van der Waals surface area contributed by atoms with Gasteiger partial charge in [0.05, 0.1) is 12.3 Å². The van der Waals surface area contributed by atoms with Gasteiger partial charge in [0.25, 0.3) is 5.91 Å². The molecule has 0 N–H and O–H groups in total. The number of halogens is 3. The number of carbonyl (C=O) groups is 1. The van der Waals surface area contributed by atoms with Crippen molar-refractivity contribution in [3.8, 4) is 0 Å². The number of nitrogens with zero attached hydrogens (tertiary/aromatic N) is 2. The Kier molecular flexibility index (Phi) is 6.28. The standard InChI is InChI=1S/C24H19ClF2N2O2/c25-19-8-6-17(7-9-19)23-13-22(31-28-23)15-29(14-16-4-10-20(26)11-5-16)24(30)18-2-1-3-21(27)12-18/h1-12,22H,13-15H2/t22-/m0/s1. The van der Waals surface area contributed by atoms with E-state index in [-0.39, 0.29) is 36.5 Å². The third-order valence-corrected chi connectivity index (χ3v) is 5.23. The SMILES string of the molecule is O=C(c1cccc(F)c1)N(Cc1ccc(F)cc1)C[C@@H]1CC(c2ccc(Cl)cc2)=NO1. The lowest BCUT2D eigenvalue weighted by atomic mass is 10.0. The topological polar surface area (TPSA) is 41.9 Å². The van der Waals surface area contributed by atoms with Crippen LogP contribution in [0.1, 0.15) is 27.9 Å². The molecule has 3 aromatic carbocycles. The number of carbonyl (C=O) groups excluding carboxylic acids is 1. The van der Waals surface area contributed by atoms with Crippen LogP contribution in [0, 0.1) is 11.6 Å². The van der Waals surface area contributed by atoms with Gasteiger partial charge in [-0.25, -0.2) is 8.78 Å². The minimum Gasteiger partial charge on any atom is -0.390 e. The van der Waals surface area contributed by atoms with Crippen LogP contribution in [0.4, 0.5) is 8.78 Å². The van der Waals surface area contributed by atoms with Crippen LogP contribution in [0.2, 0.25) is 5.02 Å². The summed E-state index contributed by atoms with van der Waals surface area (Å²) in [5.74, 6) is -1.18. The summed E-state index contributed by atoms with van der Waals surface area (Å²) in [6, 6.07) is 18.7. The summed E-state index contributed by atoms with van der Waals surface area (Å²) in [6.45, 7) is 0.471. The van der Waals surface area contributed by atoms with E-state index < -0.39 is 5.82 Å². The first-order valence-corrected chi connectivity index (χ1v) is 10.1. The van der Waals surface area contributed by atoms with Crippen molar-refractivity contribution in [2.45, 2.75) is 19.1 Å². The molecule has 0 bridgehead atoms. The second-order valence-electron chi connectivity index (χ2n) is 7.30. The third-order valence-electron chi connectivity index (χ3n) is 4.98. The first kappa shape index (κ1) is 21.0. The molecule has 0 unspecified atom stereocenters. The molecule has 31 heavy (non-hydrogen) atoms. The van der Waals surface area contributed by atoms with Crippen molar-refractivity contribution in [2.75, 3.05) is 6.54 Å². The average Bonchev–Trinajstić information content (AvgIpc) is 3.23. The smallest absolute Gasteiger partial charge is 0.254 e. The highest BCUT2D eigenvalue weighted by Gasteiger charge is 2.27. The van der Waals surface area contributed by atoms with Gasteiger partial charge in [0.15, 0.2) is 6.10 Å². The summed E-state index contributed by atoms with van der Waals surface area (Å²) in [6.07, 6.45) is 0.154. The Morgan fingerprint density at radius 2 is 1.77 bits per heavy atom. The van der Waals surface area contributed by atoms with Crippen molar-refractivity contribution < 1.29 is 18.4 Å². The summed E-state index contributed by atoms with van der Waals surface area (Å²) in [5.41, 5.74) is 2.65. The molecule has 0 saturated carbocycles. The van der Waals surface area contributed by atoms with Crippen LogP contribution < -0.4 is 0 Å². The zero-order valence-corrected chi connectivity index (χ0v) is 17.2. The molecule has 3 aromatic rings. The van der Waals surface area contributed by atoms with E-state index in [1.54, 1.807) is 35.2 Å². The molecule has 1 aliphatic rings. The van der Waals surface area contributed by atoms with Crippen LogP contribution >= 0.6 is 11.6 Å². The maximum Gasteiger partial charge on any atom is 0.254 e. The van der Waals surface area contributed by atoms with Crippen LogP contribution in [-0.2, 0) is 11.4 Å². The van der Waals surface area contributed by atoms with Crippen LogP contribution in [0.5, 0.6) is 0 Å². The molecule has 4 rings (SSSR count). The van der Waals surface area contributed by atoms with Crippen molar-refractivity contribution in [3.05, 3.63) is 106 Å². The molecule has 7 heteroatoms. The zero-order valence-electron chi connectivity index (χ0n) is 16.5. The lowest BCUT2D eigenvalue weighted by Gasteiger charge is -2.25. The van der Waals surface area contributed by atoms with Gasteiger partial charge in [0.1, 0.15) is 11.6 Å². The highest BCUT2D eigenvalue weighted by molar-refractivity contribution is 6.30. The molecule has 158 valence electrons. The van der Waals surface area contributed by atoms with Crippen molar-refractivity contribution in [2.24, 2.45) is 5.16 Å². The summed E-state index contributed by atoms with van der Waals surface area (Å²) in [7, 11) is 0. The molecule has 0 fully saturated rings. The maximum atomic E-state index is 13.7. The van der Waals surface area contributed by atoms with Crippen molar-refractivity contribution in [1.82, 2.24) is 4.90 Å². The molecular weight excluding hydrogens is 422 g/mol. The summed E-state index contributed by atoms with van der Waals surface area (Å²) in [4.78, 5) is 20.3. The number of hydrogen-bond donors (Lipinski definition) is 0. The second kappa shape index (κ2) is 9.27. The molecule has 1 aliphatic heterocycles. The van der Waals surface area contributed by atoms with E-state index in [0.29, 0.717) is 11.4 Å². The molecule has 1 atom stereocenters. The van der Waals surface area contributed by atoms with E-state index >= 15 is 0 Å². The van der Waals surface area contributed by atoms with Gasteiger partial charge >= 0.3 is 0 Å². The number of amides is 1. The van der Waals surface area contributed by atoms with E-state index in [4.69, 9.17) is 16.4 Å². The van der Waals surface area contributed by atoms with Gasteiger partial charge in [-0.15, -0.1) is 0 Å². The Hall–Kier alpha value is -3.25. The molecule has 0 saturated heterocycles. The average molecular weight is 441 g/mol. The third kappa shape index (κ3) is 5.27. The highest BCUT2D eigenvalue weighted by Crippen LogP contribution is 2.21. The van der Waals surface area contributed by atoms with Crippen LogP contribution in [-0.4, -0.2) is 29.2 Å². The normalized spacial score (nSPS) is 15.3. The second-order valence-corrected chi connectivity index (χ2v) is 7.74. The van der Waals surface area contributed by atoms with Gasteiger partial charge in [-0.1, -0.05) is 47.1 Å². The van der Waals surface area contributed by atoms with Crippen LogP contribution in [0.3, 0.4) is 0 Å². The highest BCUT2D eigenvalue weighted by atomic mass is 35.5. The van der Waals surface area contributed by atoms with Gasteiger partial charge in [0.2, 0.25) is 0 Å². The Morgan fingerprint density at radius 3 is 2.48 bits per heavy atom. The van der Waals surface area contributed by atoms with E-state index in [9.17, 15) is 13.6 Å². The van der Waals surface area contributed by atoms with Crippen LogP contribution in [0.15, 0.2) is 78.0 Å². The van der Waals surface area contributed by atoms with Gasteiger partial charge in [-0.3, -0.25) is 4.79 Å². The molecule has 1 heterocycles. The maximum absolute atomic E-state index is 13.7. The van der Waals surface area contributed by atoms with Crippen molar-refractivity contribution in [3.63, 3.8) is 0 Å². The van der Waals surface area contributed by atoms with E-state index in [1.165, 1.54) is 30.3 Å². The molecule has 0 spiro atoms.